The Bertz CT molecular complexity index is 610. The first-order valence-electron chi connectivity index (χ1n) is 6.26. The molecule has 114 valence electrons. The average Bonchev–Trinajstić information content (AvgIpc) is 2.86. The van der Waals surface area contributed by atoms with E-state index < -0.39 is 17.6 Å². The fourth-order valence-electron chi connectivity index (χ4n) is 1.80. The summed E-state index contributed by atoms with van der Waals surface area (Å²) in [4.78, 5) is 0. The van der Waals surface area contributed by atoms with E-state index in [1.54, 1.807) is 7.05 Å². The molecule has 0 aliphatic rings. The van der Waals surface area contributed by atoms with E-state index in [2.05, 4.69) is 15.5 Å². The van der Waals surface area contributed by atoms with Crippen LogP contribution in [0.2, 0.25) is 0 Å². The Morgan fingerprint density at radius 2 is 2.00 bits per heavy atom. The first kappa shape index (κ1) is 15.4. The summed E-state index contributed by atoms with van der Waals surface area (Å²) in [7, 11) is 1.79. The lowest BCUT2D eigenvalue weighted by atomic mass is 10.1. The third-order valence-corrected chi connectivity index (χ3v) is 2.82. The third kappa shape index (κ3) is 3.57. The van der Waals surface area contributed by atoms with Crippen LogP contribution in [-0.2, 0) is 12.6 Å². The Morgan fingerprint density at radius 3 is 2.67 bits per heavy atom. The molecule has 1 aromatic carbocycles. The average molecular weight is 303 g/mol. The number of alkyl halides is 3. The van der Waals surface area contributed by atoms with Gasteiger partial charge in [-0.3, -0.25) is 0 Å². The standard InChI is InChI=1S/C13H13F4N3O/c1-18-7-3-6-10-19-20-12(21-10)8-4-2-5-9(11(8)14)13(15,16)17/h2,4-5,18H,3,6-7H2,1H3. The third-order valence-electron chi connectivity index (χ3n) is 2.82. The van der Waals surface area contributed by atoms with Crippen LogP contribution in [0.1, 0.15) is 17.9 Å². The van der Waals surface area contributed by atoms with Gasteiger partial charge >= 0.3 is 6.18 Å². The molecular weight excluding hydrogens is 290 g/mol. The van der Waals surface area contributed by atoms with Crippen molar-refractivity contribution in [3.8, 4) is 11.5 Å². The van der Waals surface area contributed by atoms with Crippen LogP contribution in [-0.4, -0.2) is 23.8 Å². The summed E-state index contributed by atoms with van der Waals surface area (Å²) >= 11 is 0. The number of rotatable bonds is 5. The molecular formula is C13H13F4N3O. The first-order chi connectivity index (χ1) is 9.93. The molecule has 4 nitrogen and oxygen atoms in total. The molecule has 0 saturated carbocycles. The van der Waals surface area contributed by atoms with Gasteiger partial charge in [0.15, 0.2) is 0 Å². The van der Waals surface area contributed by atoms with Crippen LogP contribution in [0.25, 0.3) is 11.5 Å². The van der Waals surface area contributed by atoms with Gasteiger partial charge in [-0.1, -0.05) is 6.07 Å². The van der Waals surface area contributed by atoms with Crippen molar-refractivity contribution in [3.05, 3.63) is 35.5 Å². The van der Waals surface area contributed by atoms with Crippen molar-refractivity contribution in [2.75, 3.05) is 13.6 Å². The maximum absolute atomic E-state index is 13.9. The van der Waals surface area contributed by atoms with Gasteiger partial charge in [-0.2, -0.15) is 13.2 Å². The molecule has 0 bridgehead atoms. The summed E-state index contributed by atoms with van der Waals surface area (Å²) in [6, 6.07) is 2.95. The number of hydrogen-bond donors (Lipinski definition) is 1. The second-order valence-electron chi connectivity index (χ2n) is 4.37. The van der Waals surface area contributed by atoms with Crippen molar-refractivity contribution in [1.29, 1.82) is 0 Å². The minimum Gasteiger partial charge on any atom is -0.421 e. The molecule has 0 spiro atoms. The Labute approximate surface area is 118 Å². The smallest absolute Gasteiger partial charge is 0.419 e. The number of nitrogens with zero attached hydrogens (tertiary/aromatic N) is 2. The van der Waals surface area contributed by atoms with Gasteiger partial charge in [0.2, 0.25) is 5.89 Å². The van der Waals surface area contributed by atoms with Crippen molar-refractivity contribution < 1.29 is 22.0 Å². The molecule has 0 unspecified atom stereocenters. The second-order valence-corrected chi connectivity index (χ2v) is 4.37. The minimum absolute atomic E-state index is 0.252. The van der Waals surface area contributed by atoms with E-state index in [-0.39, 0.29) is 17.3 Å². The Balaban J connectivity index is 2.26. The fraction of sp³-hybridized carbons (Fsp3) is 0.385. The normalized spacial score (nSPS) is 11.9. The van der Waals surface area contributed by atoms with Crippen LogP contribution in [0.5, 0.6) is 0 Å². The first-order valence-corrected chi connectivity index (χ1v) is 6.26. The quantitative estimate of drug-likeness (QED) is 0.681. The fourth-order valence-corrected chi connectivity index (χ4v) is 1.80. The van der Waals surface area contributed by atoms with E-state index in [1.807, 2.05) is 0 Å². The van der Waals surface area contributed by atoms with Gasteiger partial charge in [0.1, 0.15) is 5.82 Å². The van der Waals surface area contributed by atoms with Crippen LogP contribution in [0.3, 0.4) is 0 Å². The Hall–Kier alpha value is -1.96. The lowest BCUT2D eigenvalue weighted by Crippen LogP contribution is -2.08. The van der Waals surface area contributed by atoms with Crippen LogP contribution in [0.15, 0.2) is 22.6 Å². The highest BCUT2D eigenvalue weighted by Crippen LogP contribution is 2.35. The zero-order valence-electron chi connectivity index (χ0n) is 11.2. The van der Waals surface area contributed by atoms with E-state index in [9.17, 15) is 17.6 Å². The number of aryl methyl sites for hydroxylation is 1. The van der Waals surface area contributed by atoms with Gasteiger partial charge in [-0.05, 0) is 32.1 Å². The summed E-state index contributed by atoms with van der Waals surface area (Å²) in [5, 5.41) is 10.2. The van der Waals surface area contributed by atoms with E-state index >= 15 is 0 Å². The predicted molar refractivity (Wildman–Crippen MR) is 66.9 cm³/mol. The van der Waals surface area contributed by atoms with Crippen molar-refractivity contribution in [3.63, 3.8) is 0 Å². The number of nitrogens with one attached hydrogen (secondary N) is 1. The summed E-state index contributed by atoms with van der Waals surface area (Å²) in [5.74, 6) is -1.40. The summed E-state index contributed by atoms with van der Waals surface area (Å²) in [6.45, 7) is 0.732. The molecule has 0 amide bonds. The lowest BCUT2D eigenvalue weighted by Gasteiger charge is -2.09. The van der Waals surface area contributed by atoms with Crippen molar-refractivity contribution in [2.24, 2.45) is 0 Å². The number of hydrogen-bond acceptors (Lipinski definition) is 4. The second kappa shape index (κ2) is 6.21. The zero-order chi connectivity index (χ0) is 15.5. The van der Waals surface area contributed by atoms with E-state index in [0.29, 0.717) is 12.5 Å². The van der Waals surface area contributed by atoms with Gasteiger partial charge in [-0.25, -0.2) is 4.39 Å². The minimum atomic E-state index is -4.77. The molecule has 0 atom stereocenters. The van der Waals surface area contributed by atoms with Gasteiger partial charge < -0.3 is 9.73 Å². The van der Waals surface area contributed by atoms with Crippen molar-refractivity contribution >= 4 is 0 Å². The topological polar surface area (TPSA) is 51.0 Å². The van der Waals surface area contributed by atoms with Crippen LogP contribution in [0.4, 0.5) is 17.6 Å². The van der Waals surface area contributed by atoms with Crippen molar-refractivity contribution in [2.45, 2.75) is 19.0 Å². The SMILES string of the molecule is CNCCCc1nnc(-c2cccc(C(F)(F)F)c2F)o1. The van der Waals surface area contributed by atoms with Crippen LogP contribution in [0, 0.1) is 5.82 Å². The molecule has 1 aromatic heterocycles. The monoisotopic (exact) mass is 303 g/mol. The Kier molecular flexibility index (Phi) is 4.56. The molecule has 0 radical (unpaired) electrons. The summed E-state index contributed by atoms with van der Waals surface area (Å²) < 4.78 is 57.0. The number of aromatic nitrogens is 2. The van der Waals surface area contributed by atoms with E-state index in [1.165, 1.54) is 6.07 Å². The maximum atomic E-state index is 13.9. The van der Waals surface area contributed by atoms with Gasteiger partial charge in [0.25, 0.3) is 5.89 Å². The molecule has 1 N–H and O–H groups in total. The van der Waals surface area contributed by atoms with Gasteiger partial charge in [-0.15, -0.1) is 10.2 Å². The van der Waals surface area contributed by atoms with Gasteiger partial charge in [0, 0.05) is 6.42 Å². The summed E-state index contributed by atoms with van der Waals surface area (Å²) in [5.41, 5.74) is -1.70. The van der Waals surface area contributed by atoms with Crippen molar-refractivity contribution in [1.82, 2.24) is 15.5 Å². The predicted octanol–water partition coefficient (Wildman–Crippen LogP) is 3.05. The highest BCUT2D eigenvalue weighted by molar-refractivity contribution is 5.55. The molecule has 2 aromatic rings. The number of halogens is 4. The molecule has 2 rings (SSSR count). The van der Waals surface area contributed by atoms with Crippen LogP contribution < -0.4 is 5.32 Å². The number of benzene rings is 1. The largest absolute Gasteiger partial charge is 0.421 e. The Morgan fingerprint density at radius 1 is 1.24 bits per heavy atom. The van der Waals surface area contributed by atoms with Crippen LogP contribution >= 0.6 is 0 Å². The van der Waals surface area contributed by atoms with E-state index in [4.69, 9.17) is 4.42 Å². The van der Waals surface area contributed by atoms with E-state index in [0.717, 1.165) is 19.0 Å². The molecule has 0 saturated heterocycles. The lowest BCUT2D eigenvalue weighted by molar-refractivity contribution is -0.139. The maximum Gasteiger partial charge on any atom is 0.419 e. The van der Waals surface area contributed by atoms with Gasteiger partial charge in [0.05, 0.1) is 11.1 Å². The molecule has 1 heterocycles. The molecule has 0 aliphatic carbocycles. The highest BCUT2D eigenvalue weighted by atomic mass is 19.4. The summed E-state index contributed by atoms with van der Waals surface area (Å²) in [6.07, 6.45) is -3.58. The highest BCUT2D eigenvalue weighted by Gasteiger charge is 2.35. The zero-order valence-corrected chi connectivity index (χ0v) is 11.2. The molecule has 0 aliphatic heterocycles. The molecule has 21 heavy (non-hydrogen) atoms. The molecule has 0 fully saturated rings. The molecule has 8 heteroatoms.